The van der Waals surface area contributed by atoms with Crippen LogP contribution in [0.3, 0.4) is 0 Å². The van der Waals surface area contributed by atoms with Gasteiger partial charge in [-0.3, -0.25) is 14.4 Å². The number of allylic oxidation sites excluding steroid dienone is 8. The average molecular weight is 1010 g/mol. The molecule has 0 rings (SSSR count). The molecule has 0 radical (unpaired) electrons. The number of carbonyl (C=O) groups is 3. The minimum absolute atomic E-state index is 0.0765. The molecule has 0 aromatic rings. The van der Waals surface area contributed by atoms with Gasteiger partial charge in [-0.15, -0.1) is 0 Å². The Kier molecular flexibility index (Phi) is 58.7. The second-order valence-corrected chi connectivity index (χ2v) is 21.3. The molecule has 6 heteroatoms. The molecule has 72 heavy (non-hydrogen) atoms. The Morgan fingerprint density at radius 2 is 0.514 bits per heavy atom. The summed E-state index contributed by atoms with van der Waals surface area (Å²) in [6, 6.07) is 0. The van der Waals surface area contributed by atoms with Crippen LogP contribution in [-0.2, 0) is 28.6 Å². The molecule has 6 nitrogen and oxygen atoms in total. The highest BCUT2D eigenvalue weighted by molar-refractivity contribution is 5.71. The monoisotopic (exact) mass is 1010 g/mol. The summed E-state index contributed by atoms with van der Waals surface area (Å²) < 4.78 is 16.9. The van der Waals surface area contributed by atoms with Crippen molar-refractivity contribution in [2.24, 2.45) is 0 Å². The summed E-state index contributed by atoms with van der Waals surface area (Å²) >= 11 is 0. The SMILES string of the molecule is CCCC/C=C\CCCCCCCC(=O)OCC(COC(=O)CCCCCCCCCCCCCCCCC/C=C\C/C=C\CCCCCCC)OC(=O)CCCCCCC/C=C\CCCCCCCCC. The molecule has 0 fully saturated rings. The van der Waals surface area contributed by atoms with E-state index in [-0.39, 0.29) is 31.1 Å². The maximum Gasteiger partial charge on any atom is 0.306 e. The Balaban J connectivity index is 4.19. The van der Waals surface area contributed by atoms with Crippen LogP contribution in [0.15, 0.2) is 48.6 Å². The highest BCUT2D eigenvalue weighted by Gasteiger charge is 2.19. The van der Waals surface area contributed by atoms with Gasteiger partial charge in [0.25, 0.3) is 0 Å². The predicted molar refractivity (Wildman–Crippen MR) is 312 cm³/mol. The quantitative estimate of drug-likeness (QED) is 0.0261. The molecule has 0 bridgehead atoms. The van der Waals surface area contributed by atoms with Gasteiger partial charge in [-0.1, -0.05) is 268 Å². The smallest absolute Gasteiger partial charge is 0.306 e. The van der Waals surface area contributed by atoms with Crippen molar-refractivity contribution in [2.75, 3.05) is 13.2 Å². The van der Waals surface area contributed by atoms with Crippen molar-refractivity contribution in [1.82, 2.24) is 0 Å². The van der Waals surface area contributed by atoms with Crippen LogP contribution in [0.1, 0.15) is 335 Å². The van der Waals surface area contributed by atoms with Crippen molar-refractivity contribution >= 4 is 17.9 Å². The van der Waals surface area contributed by atoms with E-state index in [0.717, 1.165) is 77.0 Å². The Bertz CT molecular complexity index is 1250. The Morgan fingerprint density at radius 3 is 0.819 bits per heavy atom. The van der Waals surface area contributed by atoms with E-state index in [2.05, 4.69) is 69.4 Å². The largest absolute Gasteiger partial charge is 0.462 e. The van der Waals surface area contributed by atoms with Crippen LogP contribution < -0.4 is 0 Å². The first-order valence-corrected chi connectivity index (χ1v) is 31.6. The van der Waals surface area contributed by atoms with Crippen molar-refractivity contribution in [1.29, 1.82) is 0 Å². The first-order chi connectivity index (χ1) is 35.5. The summed E-state index contributed by atoms with van der Waals surface area (Å²) in [6.45, 7) is 6.61. The van der Waals surface area contributed by atoms with Gasteiger partial charge >= 0.3 is 17.9 Å². The molecule has 0 amide bonds. The molecule has 1 unspecified atom stereocenters. The fourth-order valence-corrected chi connectivity index (χ4v) is 9.22. The van der Waals surface area contributed by atoms with Crippen LogP contribution in [-0.4, -0.2) is 37.2 Å². The van der Waals surface area contributed by atoms with Crippen molar-refractivity contribution < 1.29 is 28.6 Å². The van der Waals surface area contributed by atoms with Crippen LogP contribution in [0.4, 0.5) is 0 Å². The molecule has 420 valence electrons. The fraction of sp³-hybridized carbons (Fsp3) is 0.833. The van der Waals surface area contributed by atoms with Crippen molar-refractivity contribution in [3.05, 3.63) is 48.6 Å². The van der Waals surface area contributed by atoms with Gasteiger partial charge in [-0.25, -0.2) is 0 Å². The Hall–Kier alpha value is -2.63. The van der Waals surface area contributed by atoms with E-state index in [9.17, 15) is 14.4 Å². The normalized spacial score (nSPS) is 12.3. The molecule has 0 aliphatic rings. The molecule has 0 aromatic carbocycles. The van der Waals surface area contributed by atoms with E-state index < -0.39 is 6.10 Å². The van der Waals surface area contributed by atoms with Crippen LogP contribution in [0.2, 0.25) is 0 Å². The van der Waals surface area contributed by atoms with Gasteiger partial charge in [0.15, 0.2) is 6.10 Å². The predicted octanol–water partition coefficient (Wildman–Crippen LogP) is 21.4. The second kappa shape index (κ2) is 60.9. The zero-order valence-electron chi connectivity index (χ0n) is 48.2. The van der Waals surface area contributed by atoms with E-state index >= 15 is 0 Å². The maximum absolute atomic E-state index is 12.9. The summed E-state index contributed by atoms with van der Waals surface area (Å²) in [5, 5.41) is 0. The summed E-state index contributed by atoms with van der Waals surface area (Å²) in [5.74, 6) is -0.879. The molecule has 0 spiro atoms. The Labute approximate surface area is 448 Å². The number of unbranched alkanes of at least 4 members (excludes halogenated alkanes) is 39. The van der Waals surface area contributed by atoms with Gasteiger partial charge in [-0.05, 0) is 96.3 Å². The number of carbonyl (C=O) groups excluding carboxylic acids is 3. The van der Waals surface area contributed by atoms with Crippen molar-refractivity contribution in [2.45, 2.75) is 341 Å². The molecule has 1 atom stereocenters. The number of rotatable bonds is 58. The molecule has 0 saturated heterocycles. The number of ether oxygens (including phenoxy) is 3. The lowest BCUT2D eigenvalue weighted by molar-refractivity contribution is -0.167. The maximum atomic E-state index is 12.9. The molecule has 0 aromatic heterocycles. The fourth-order valence-electron chi connectivity index (χ4n) is 9.22. The minimum atomic E-state index is -0.779. The number of hydrogen-bond donors (Lipinski definition) is 0. The van der Waals surface area contributed by atoms with Crippen LogP contribution in [0.5, 0.6) is 0 Å². The van der Waals surface area contributed by atoms with E-state index in [4.69, 9.17) is 14.2 Å². The van der Waals surface area contributed by atoms with E-state index in [1.54, 1.807) is 0 Å². The summed E-state index contributed by atoms with van der Waals surface area (Å²) in [6.07, 6.45) is 75.5. The molecule has 0 heterocycles. The highest BCUT2D eigenvalue weighted by Crippen LogP contribution is 2.17. The molecule has 0 aliphatic carbocycles. The van der Waals surface area contributed by atoms with Crippen LogP contribution in [0.25, 0.3) is 0 Å². The lowest BCUT2D eigenvalue weighted by Crippen LogP contribution is -2.30. The van der Waals surface area contributed by atoms with E-state index in [1.807, 2.05) is 0 Å². The Morgan fingerprint density at radius 1 is 0.278 bits per heavy atom. The van der Waals surface area contributed by atoms with Crippen molar-refractivity contribution in [3.63, 3.8) is 0 Å². The van der Waals surface area contributed by atoms with Gasteiger partial charge in [0.2, 0.25) is 0 Å². The van der Waals surface area contributed by atoms with E-state index in [1.165, 1.54) is 218 Å². The molecule has 0 aliphatic heterocycles. The highest BCUT2D eigenvalue weighted by atomic mass is 16.6. The molecule has 0 N–H and O–H groups in total. The number of hydrogen-bond acceptors (Lipinski definition) is 6. The third kappa shape index (κ3) is 58.3. The van der Waals surface area contributed by atoms with E-state index in [0.29, 0.717) is 19.3 Å². The average Bonchev–Trinajstić information content (AvgIpc) is 3.38. The third-order valence-corrected chi connectivity index (χ3v) is 14.0. The minimum Gasteiger partial charge on any atom is -0.462 e. The summed E-state index contributed by atoms with van der Waals surface area (Å²) in [5.41, 5.74) is 0. The van der Waals surface area contributed by atoms with Crippen molar-refractivity contribution in [3.8, 4) is 0 Å². The van der Waals surface area contributed by atoms with Gasteiger partial charge in [0.05, 0.1) is 0 Å². The van der Waals surface area contributed by atoms with Gasteiger partial charge in [-0.2, -0.15) is 0 Å². The topological polar surface area (TPSA) is 78.9 Å². The van der Waals surface area contributed by atoms with Gasteiger partial charge in [0.1, 0.15) is 13.2 Å². The lowest BCUT2D eigenvalue weighted by Gasteiger charge is -2.18. The third-order valence-electron chi connectivity index (χ3n) is 14.0. The molecular weight excluding hydrogens is 889 g/mol. The standard InChI is InChI=1S/C66H120O6/c1-4-7-10-13-16-19-22-24-26-28-29-30-31-32-33-34-35-36-37-38-40-41-44-47-50-53-56-59-65(68)71-62-63(61-70-64(67)58-55-52-49-46-43-21-18-15-12-9-6-3)72-66(69)60-57-54-51-48-45-42-39-27-25-23-20-17-14-11-8-5-2/h15,18,22,24,27-29,39,63H,4-14,16-17,19-21,23,25-26,30-38,40-62H2,1-3H3/b18-15-,24-22-,29-28-,39-27-. The first-order valence-electron chi connectivity index (χ1n) is 31.6. The zero-order valence-corrected chi connectivity index (χ0v) is 48.2. The molecule has 0 saturated carbocycles. The number of esters is 3. The summed E-state index contributed by atoms with van der Waals surface area (Å²) in [7, 11) is 0. The van der Waals surface area contributed by atoms with Crippen LogP contribution in [0, 0.1) is 0 Å². The lowest BCUT2D eigenvalue weighted by atomic mass is 10.0. The van der Waals surface area contributed by atoms with Gasteiger partial charge < -0.3 is 14.2 Å². The summed E-state index contributed by atoms with van der Waals surface area (Å²) in [4.78, 5) is 38.2. The van der Waals surface area contributed by atoms with Crippen LogP contribution >= 0.6 is 0 Å². The second-order valence-electron chi connectivity index (χ2n) is 21.3. The van der Waals surface area contributed by atoms with Gasteiger partial charge in [0, 0.05) is 19.3 Å². The first kappa shape index (κ1) is 69.4. The zero-order chi connectivity index (χ0) is 52.2. The molecular formula is C66H120O6.